The molecule has 0 radical (unpaired) electrons. The zero-order chi connectivity index (χ0) is 42.3. The van der Waals surface area contributed by atoms with Crippen molar-refractivity contribution >= 4 is 19.8 Å². The van der Waals surface area contributed by atoms with E-state index in [-0.39, 0.29) is 32.2 Å². The van der Waals surface area contributed by atoms with Crippen molar-refractivity contribution in [3.63, 3.8) is 0 Å². The van der Waals surface area contributed by atoms with Gasteiger partial charge in [0.1, 0.15) is 19.8 Å². The minimum absolute atomic E-state index is 0.0544. The number of allylic oxidation sites excluding steroid dienone is 11. The van der Waals surface area contributed by atoms with Gasteiger partial charge in [-0.25, -0.2) is 0 Å². The zero-order valence-corrected chi connectivity index (χ0v) is 37.3. The fourth-order valence-corrected chi connectivity index (χ4v) is 6.01. The van der Waals surface area contributed by atoms with Crippen molar-refractivity contribution in [2.24, 2.45) is 0 Å². The van der Waals surface area contributed by atoms with E-state index in [4.69, 9.17) is 18.5 Å². The molecule has 3 atom stereocenters. The van der Waals surface area contributed by atoms with Crippen LogP contribution in [0.1, 0.15) is 149 Å². The van der Waals surface area contributed by atoms with Gasteiger partial charge >= 0.3 is 11.9 Å². The summed E-state index contributed by atoms with van der Waals surface area (Å²) in [7, 11) is 1.08. The molecule has 0 rings (SSSR count). The van der Waals surface area contributed by atoms with Crippen LogP contribution in [0.25, 0.3) is 0 Å². The lowest BCUT2D eigenvalue weighted by Crippen LogP contribution is -2.37. The Labute approximate surface area is 347 Å². The summed E-state index contributed by atoms with van der Waals surface area (Å²) < 4.78 is 33.8. The standard InChI is InChI=1S/C46H80NO9P/c1-6-8-10-11-12-13-14-15-16-17-21-24-27-30-33-37-45(49)53-41-44(42-55-57(51,52)54-40-39-47(3,4)5)56-46(50)38-34-31-28-25-22-19-18-20-23-26-29-32-36-43(48)35-9-7-2/h12-13,15-16,18-19,23,25-26,28,32,36,43-44,48H,6-11,14,17,20-22,24,27,29-31,33-35,37-42H2,1-5H3/b13-12-,16-15-,19-18-,26-23-,28-25-,36-32-/t43-,44-/m1/s1. The normalized spacial score (nSPS) is 14.9. The zero-order valence-electron chi connectivity index (χ0n) is 36.4. The molecule has 0 aromatic rings. The van der Waals surface area contributed by atoms with Crippen LogP contribution in [0.5, 0.6) is 0 Å². The Hall–Kier alpha value is -2.59. The predicted molar refractivity (Wildman–Crippen MR) is 232 cm³/mol. The number of aliphatic hydroxyl groups excluding tert-OH is 1. The molecule has 0 saturated heterocycles. The van der Waals surface area contributed by atoms with Gasteiger partial charge < -0.3 is 33.0 Å². The molecule has 328 valence electrons. The number of quaternary nitrogens is 1. The number of unbranched alkanes of at least 4 members (excludes halogenated alkanes) is 10. The molecule has 11 heteroatoms. The molecule has 0 aliphatic heterocycles. The van der Waals surface area contributed by atoms with Crippen molar-refractivity contribution in [3.05, 3.63) is 72.9 Å². The second-order valence-corrected chi connectivity index (χ2v) is 16.9. The number of aliphatic hydroxyl groups is 1. The van der Waals surface area contributed by atoms with Gasteiger partial charge in [0.25, 0.3) is 7.82 Å². The molecule has 0 saturated carbocycles. The molecule has 10 nitrogen and oxygen atoms in total. The summed E-state index contributed by atoms with van der Waals surface area (Å²) in [5.74, 6) is -0.946. The van der Waals surface area contributed by atoms with Crippen LogP contribution >= 0.6 is 7.82 Å². The average molecular weight is 822 g/mol. The number of phosphoric ester groups is 1. The third-order valence-electron chi connectivity index (χ3n) is 8.77. The second kappa shape index (κ2) is 37.7. The molecule has 0 aliphatic rings. The summed E-state index contributed by atoms with van der Waals surface area (Å²) in [6, 6.07) is 0. The van der Waals surface area contributed by atoms with E-state index in [9.17, 15) is 24.2 Å². The van der Waals surface area contributed by atoms with Gasteiger partial charge in [-0.15, -0.1) is 0 Å². The Morgan fingerprint density at radius 1 is 0.632 bits per heavy atom. The molecular formula is C46H80NO9P. The van der Waals surface area contributed by atoms with Crippen molar-refractivity contribution in [1.29, 1.82) is 0 Å². The molecule has 57 heavy (non-hydrogen) atoms. The van der Waals surface area contributed by atoms with Gasteiger partial charge in [0.05, 0.1) is 33.9 Å². The summed E-state index contributed by atoms with van der Waals surface area (Å²) in [4.78, 5) is 37.5. The minimum atomic E-state index is -4.66. The Bertz CT molecular complexity index is 1220. The van der Waals surface area contributed by atoms with Crippen molar-refractivity contribution in [2.45, 2.75) is 161 Å². The van der Waals surface area contributed by atoms with E-state index < -0.39 is 32.5 Å². The van der Waals surface area contributed by atoms with Gasteiger partial charge in [-0.05, 0) is 77.0 Å². The highest BCUT2D eigenvalue weighted by atomic mass is 31.2. The van der Waals surface area contributed by atoms with Crippen LogP contribution in [-0.2, 0) is 32.7 Å². The molecule has 0 spiro atoms. The van der Waals surface area contributed by atoms with Crippen molar-refractivity contribution in [1.82, 2.24) is 0 Å². The van der Waals surface area contributed by atoms with Crippen LogP contribution in [0.3, 0.4) is 0 Å². The molecule has 1 N–H and O–H groups in total. The summed E-state index contributed by atoms with van der Waals surface area (Å²) >= 11 is 0. The van der Waals surface area contributed by atoms with E-state index in [1.807, 2.05) is 45.4 Å². The maximum absolute atomic E-state index is 12.6. The highest BCUT2D eigenvalue weighted by Crippen LogP contribution is 2.38. The third-order valence-corrected chi connectivity index (χ3v) is 9.73. The highest BCUT2D eigenvalue weighted by molar-refractivity contribution is 7.45. The van der Waals surface area contributed by atoms with Gasteiger partial charge in [0, 0.05) is 12.8 Å². The van der Waals surface area contributed by atoms with Crippen LogP contribution in [0.2, 0.25) is 0 Å². The summed E-state index contributed by atoms with van der Waals surface area (Å²) in [5.41, 5.74) is 0. The number of hydrogen-bond acceptors (Lipinski definition) is 9. The monoisotopic (exact) mass is 822 g/mol. The van der Waals surface area contributed by atoms with Gasteiger partial charge in [-0.1, -0.05) is 132 Å². The Balaban J connectivity index is 4.54. The lowest BCUT2D eigenvalue weighted by atomic mass is 10.1. The maximum Gasteiger partial charge on any atom is 0.306 e. The van der Waals surface area contributed by atoms with Gasteiger partial charge in [-0.3, -0.25) is 14.2 Å². The number of phosphoric acid groups is 1. The lowest BCUT2D eigenvalue weighted by Gasteiger charge is -2.28. The van der Waals surface area contributed by atoms with E-state index >= 15 is 0 Å². The number of ether oxygens (including phenoxy) is 2. The molecule has 0 aliphatic carbocycles. The smallest absolute Gasteiger partial charge is 0.306 e. The first-order chi connectivity index (χ1) is 27.4. The van der Waals surface area contributed by atoms with Crippen LogP contribution in [0.15, 0.2) is 72.9 Å². The van der Waals surface area contributed by atoms with E-state index in [2.05, 4.69) is 62.5 Å². The SMILES string of the molecule is CCCCC/C=C\C/C=C\CCCCCCCC(=O)OC[C@H](COP(=O)([O-])OCC[N+](C)(C)C)OC(=O)CCC/C=C\C/C=C\C/C=C\C/C=C\[C@H](O)CCCC. The maximum atomic E-state index is 12.6. The third kappa shape index (κ3) is 41.4. The van der Waals surface area contributed by atoms with E-state index in [1.165, 1.54) is 25.7 Å². The first-order valence-electron chi connectivity index (χ1n) is 21.7. The number of likely N-dealkylation sites (N-methyl/N-ethyl adjacent to an activating group) is 1. The Morgan fingerprint density at radius 2 is 1.14 bits per heavy atom. The number of carbonyl (C=O) groups is 2. The quantitative estimate of drug-likeness (QED) is 0.0213. The Kier molecular flexibility index (Phi) is 36.0. The molecular weight excluding hydrogens is 741 g/mol. The number of nitrogens with zero attached hydrogens (tertiary/aromatic N) is 1. The number of hydrogen-bond donors (Lipinski definition) is 1. The largest absolute Gasteiger partial charge is 0.756 e. The topological polar surface area (TPSA) is 131 Å². The van der Waals surface area contributed by atoms with Crippen molar-refractivity contribution in [2.75, 3.05) is 47.5 Å². The second-order valence-electron chi connectivity index (χ2n) is 15.5. The number of rotatable bonds is 38. The van der Waals surface area contributed by atoms with E-state index in [1.54, 1.807) is 0 Å². The fourth-order valence-electron chi connectivity index (χ4n) is 5.28. The summed E-state index contributed by atoms with van der Waals surface area (Å²) in [6.07, 6.45) is 42.7. The lowest BCUT2D eigenvalue weighted by molar-refractivity contribution is -0.870. The van der Waals surface area contributed by atoms with Gasteiger partial charge in [-0.2, -0.15) is 0 Å². The molecule has 0 bridgehead atoms. The molecule has 0 fully saturated rings. The van der Waals surface area contributed by atoms with E-state index in [0.29, 0.717) is 30.3 Å². The summed E-state index contributed by atoms with van der Waals surface area (Å²) in [5, 5.41) is 9.82. The van der Waals surface area contributed by atoms with Gasteiger partial charge in [0.15, 0.2) is 6.10 Å². The first-order valence-corrected chi connectivity index (χ1v) is 23.2. The summed E-state index contributed by atoms with van der Waals surface area (Å²) in [6.45, 7) is 3.93. The first kappa shape index (κ1) is 54.4. The molecule has 1 unspecified atom stereocenters. The van der Waals surface area contributed by atoms with Gasteiger partial charge in [0.2, 0.25) is 0 Å². The predicted octanol–water partition coefficient (Wildman–Crippen LogP) is 10.6. The van der Waals surface area contributed by atoms with Crippen LogP contribution in [0, 0.1) is 0 Å². The molecule has 0 aromatic carbocycles. The molecule has 0 amide bonds. The molecule has 0 aromatic heterocycles. The number of carbonyl (C=O) groups excluding carboxylic acids is 2. The Morgan fingerprint density at radius 3 is 1.74 bits per heavy atom. The number of esters is 2. The van der Waals surface area contributed by atoms with Crippen LogP contribution in [0.4, 0.5) is 0 Å². The molecule has 0 heterocycles. The van der Waals surface area contributed by atoms with Crippen LogP contribution < -0.4 is 4.89 Å². The highest BCUT2D eigenvalue weighted by Gasteiger charge is 2.21. The average Bonchev–Trinajstić information content (AvgIpc) is 3.16. The van der Waals surface area contributed by atoms with E-state index in [0.717, 1.165) is 77.0 Å². The van der Waals surface area contributed by atoms with Crippen molar-refractivity contribution in [3.8, 4) is 0 Å². The van der Waals surface area contributed by atoms with Crippen LogP contribution in [-0.4, -0.2) is 81.2 Å². The van der Waals surface area contributed by atoms with Crippen molar-refractivity contribution < 1.29 is 47.2 Å². The fraction of sp³-hybridized carbons (Fsp3) is 0.696. The minimum Gasteiger partial charge on any atom is -0.756 e.